The van der Waals surface area contributed by atoms with Gasteiger partial charge < -0.3 is 19.9 Å². The summed E-state index contributed by atoms with van der Waals surface area (Å²) in [6, 6.07) is 11.3. The van der Waals surface area contributed by atoms with E-state index < -0.39 is 0 Å². The fourth-order valence-corrected chi connectivity index (χ4v) is 3.24. The summed E-state index contributed by atoms with van der Waals surface area (Å²) < 4.78 is 5.77. The molecule has 2 aromatic rings. The van der Waals surface area contributed by atoms with Crippen LogP contribution in [0.2, 0.25) is 0 Å². The van der Waals surface area contributed by atoms with Crippen LogP contribution in [0.5, 0.6) is 5.75 Å². The number of likely N-dealkylation sites (N-methyl/N-ethyl adjacent to an activating group) is 1. The predicted octanol–water partition coefficient (Wildman–Crippen LogP) is 3.45. The number of rotatable bonds is 7. The first kappa shape index (κ1) is 19.9. The van der Waals surface area contributed by atoms with Crippen molar-refractivity contribution in [3.05, 3.63) is 57.6 Å². The van der Waals surface area contributed by atoms with E-state index >= 15 is 0 Å². The number of anilines is 2. The third kappa shape index (κ3) is 4.92. The molecule has 0 atom stereocenters. The van der Waals surface area contributed by atoms with Crippen LogP contribution in [0.25, 0.3) is 0 Å². The lowest BCUT2D eigenvalue weighted by Crippen LogP contribution is -2.44. The van der Waals surface area contributed by atoms with E-state index in [1.54, 1.807) is 6.07 Å². The van der Waals surface area contributed by atoms with Crippen molar-refractivity contribution in [2.45, 2.75) is 13.8 Å². The maximum absolute atomic E-state index is 11.4. The lowest BCUT2D eigenvalue weighted by molar-refractivity contribution is -0.383. The third-order valence-electron chi connectivity index (χ3n) is 5.21. The Morgan fingerprint density at radius 3 is 2.50 bits per heavy atom. The summed E-state index contributed by atoms with van der Waals surface area (Å²) in [7, 11) is 2.11. The zero-order chi connectivity index (χ0) is 20.1. The van der Waals surface area contributed by atoms with Crippen molar-refractivity contribution in [3.8, 4) is 5.75 Å². The molecule has 28 heavy (non-hydrogen) atoms. The van der Waals surface area contributed by atoms with E-state index in [2.05, 4.69) is 29.1 Å². The minimum atomic E-state index is -0.347. The number of nitro benzene ring substituents is 1. The Kier molecular flexibility index (Phi) is 6.36. The summed E-state index contributed by atoms with van der Waals surface area (Å²) in [6.45, 7) is 8.85. The van der Waals surface area contributed by atoms with Crippen LogP contribution in [-0.4, -0.2) is 56.2 Å². The minimum Gasteiger partial charge on any atom is -0.492 e. The number of aryl methyl sites for hydroxylation is 2. The largest absolute Gasteiger partial charge is 0.492 e. The Morgan fingerprint density at radius 1 is 1.07 bits per heavy atom. The summed E-state index contributed by atoms with van der Waals surface area (Å²) in [5.41, 5.74) is 4.04. The number of hydrogen-bond donors (Lipinski definition) is 1. The molecule has 0 saturated carbocycles. The van der Waals surface area contributed by atoms with Crippen LogP contribution in [0.4, 0.5) is 17.1 Å². The Bertz CT molecular complexity index is 832. The van der Waals surface area contributed by atoms with Crippen molar-refractivity contribution in [2.75, 3.05) is 56.6 Å². The van der Waals surface area contributed by atoms with Crippen molar-refractivity contribution >= 4 is 17.1 Å². The van der Waals surface area contributed by atoms with Crippen LogP contribution in [0.3, 0.4) is 0 Å². The molecule has 7 heteroatoms. The number of nitrogens with one attached hydrogen (secondary N) is 1. The highest BCUT2D eigenvalue weighted by molar-refractivity contribution is 5.69. The van der Waals surface area contributed by atoms with Gasteiger partial charge in [0.25, 0.3) is 5.69 Å². The number of nitrogens with zero attached hydrogens (tertiary/aromatic N) is 3. The summed E-state index contributed by atoms with van der Waals surface area (Å²) in [5, 5.41) is 14.6. The van der Waals surface area contributed by atoms with E-state index in [1.165, 1.54) is 11.1 Å². The molecule has 150 valence electrons. The normalized spacial score (nSPS) is 14.8. The lowest BCUT2D eigenvalue weighted by atomic mass is 10.1. The highest BCUT2D eigenvalue weighted by atomic mass is 16.6. The first-order valence-electron chi connectivity index (χ1n) is 9.60. The van der Waals surface area contributed by atoms with E-state index in [4.69, 9.17) is 4.74 Å². The van der Waals surface area contributed by atoms with Crippen LogP contribution in [-0.2, 0) is 0 Å². The molecule has 7 nitrogen and oxygen atoms in total. The van der Waals surface area contributed by atoms with Gasteiger partial charge in [0.1, 0.15) is 18.0 Å². The Morgan fingerprint density at radius 2 is 1.82 bits per heavy atom. The van der Waals surface area contributed by atoms with E-state index in [9.17, 15) is 10.1 Å². The molecular formula is C21H28N4O3. The average Bonchev–Trinajstić information content (AvgIpc) is 2.68. The molecule has 0 radical (unpaired) electrons. The first-order valence-corrected chi connectivity index (χ1v) is 9.60. The molecule has 0 spiro atoms. The van der Waals surface area contributed by atoms with E-state index in [0.717, 1.165) is 37.6 Å². The zero-order valence-corrected chi connectivity index (χ0v) is 16.8. The first-order chi connectivity index (χ1) is 13.4. The van der Waals surface area contributed by atoms with Crippen LogP contribution in [0.15, 0.2) is 36.4 Å². The van der Waals surface area contributed by atoms with Gasteiger partial charge in [-0.15, -0.1) is 0 Å². The molecule has 1 aliphatic heterocycles. The number of ether oxygens (including phenoxy) is 1. The molecule has 1 heterocycles. The molecule has 2 aromatic carbocycles. The monoisotopic (exact) mass is 384 g/mol. The standard InChI is InChI=1S/C21H28N4O3/c1-16-4-6-19(14-17(16)2)28-13-8-22-20-15-18(5-7-21(20)25(26)27)24-11-9-23(3)10-12-24/h4-7,14-15,22H,8-13H2,1-3H3. The summed E-state index contributed by atoms with van der Waals surface area (Å²) in [6.07, 6.45) is 0. The maximum atomic E-state index is 11.4. The Hall–Kier alpha value is -2.80. The van der Waals surface area contributed by atoms with E-state index in [0.29, 0.717) is 18.8 Å². The summed E-state index contributed by atoms with van der Waals surface area (Å²) in [5.74, 6) is 0.811. The molecular weight excluding hydrogens is 356 g/mol. The molecule has 1 aliphatic rings. The van der Waals surface area contributed by atoms with Crippen LogP contribution >= 0.6 is 0 Å². The highest BCUT2D eigenvalue weighted by Crippen LogP contribution is 2.30. The van der Waals surface area contributed by atoms with Crippen LogP contribution in [0, 0.1) is 24.0 Å². The van der Waals surface area contributed by atoms with Gasteiger partial charge in [-0.25, -0.2) is 0 Å². The van der Waals surface area contributed by atoms with Gasteiger partial charge in [0.05, 0.1) is 4.92 Å². The quantitative estimate of drug-likeness (QED) is 0.448. The lowest BCUT2D eigenvalue weighted by Gasteiger charge is -2.34. The number of piperazine rings is 1. The van der Waals surface area contributed by atoms with Crippen molar-refractivity contribution in [1.82, 2.24) is 4.90 Å². The van der Waals surface area contributed by atoms with Gasteiger partial charge in [0, 0.05) is 44.5 Å². The average molecular weight is 384 g/mol. The van der Waals surface area contributed by atoms with Crippen LogP contribution < -0.4 is 15.0 Å². The molecule has 0 unspecified atom stereocenters. The second kappa shape index (κ2) is 8.93. The van der Waals surface area contributed by atoms with Gasteiger partial charge >= 0.3 is 0 Å². The van der Waals surface area contributed by atoms with Gasteiger partial charge in [-0.3, -0.25) is 10.1 Å². The molecule has 0 aromatic heterocycles. The molecule has 3 rings (SSSR count). The van der Waals surface area contributed by atoms with Gasteiger partial charge in [0.15, 0.2) is 0 Å². The smallest absolute Gasteiger partial charge is 0.292 e. The van der Waals surface area contributed by atoms with Crippen molar-refractivity contribution in [1.29, 1.82) is 0 Å². The number of hydrogen-bond acceptors (Lipinski definition) is 6. The zero-order valence-electron chi connectivity index (χ0n) is 16.8. The van der Waals surface area contributed by atoms with Gasteiger partial charge in [-0.05, 0) is 56.3 Å². The minimum absolute atomic E-state index is 0.0871. The Labute approximate surface area is 166 Å². The fraction of sp³-hybridized carbons (Fsp3) is 0.429. The molecule has 0 aliphatic carbocycles. The van der Waals surface area contributed by atoms with Gasteiger partial charge in [-0.2, -0.15) is 0 Å². The highest BCUT2D eigenvalue weighted by Gasteiger charge is 2.19. The third-order valence-corrected chi connectivity index (χ3v) is 5.21. The Balaban J connectivity index is 1.63. The van der Waals surface area contributed by atoms with Crippen molar-refractivity contribution in [3.63, 3.8) is 0 Å². The van der Waals surface area contributed by atoms with Crippen molar-refractivity contribution in [2.24, 2.45) is 0 Å². The molecule has 1 N–H and O–H groups in total. The number of nitro groups is 1. The second-order valence-electron chi connectivity index (χ2n) is 7.27. The summed E-state index contributed by atoms with van der Waals surface area (Å²) in [4.78, 5) is 15.6. The van der Waals surface area contributed by atoms with E-state index in [1.807, 2.05) is 37.3 Å². The second-order valence-corrected chi connectivity index (χ2v) is 7.27. The molecule has 0 amide bonds. The molecule has 1 fully saturated rings. The number of benzene rings is 2. The summed E-state index contributed by atoms with van der Waals surface area (Å²) >= 11 is 0. The topological polar surface area (TPSA) is 70.9 Å². The van der Waals surface area contributed by atoms with Crippen molar-refractivity contribution < 1.29 is 9.66 Å². The SMILES string of the molecule is Cc1ccc(OCCNc2cc(N3CCN(C)CC3)ccc2[N+](=O)[O-])cc1C. The van der Waals surface area contributed by atoms with Crippen LogP contribution in [0.1, 0.15) is 11.1 Å². The van der Waals surface area contributed by atoms with Gasteiger partial charge in [0.2, 0.25) is 0 Å². The fourth-order valence-electron chi connectivity index (χ4n) is 3.24. The molecule has 1 saturated heterocycles. The predicted molar refractivity (Wildman–Crippen MR) is 113 cm³/mol. The molecule has 0 bridgehead atoms. The maximum Gasteiger partial charge on any atom is 0.292 e. The van der Waals surface area contributed by atoms with E-state index in [-0.39, 0.29) is 10.6 Å². The van der Waals surface area contributed by atoms with Gasteiger partial charge in [-0.1, -0.05) is 6.07 Å².